The van der Waals surface area contributed by atoms with Gasteiger partial charge < -0.3 is 15.0 Å². The molecule has 3 aliphatic rings. The number of nitrogens with one attached hydrogen (secondary N) is 1. The molecule has 0 bridgehead atoms. The Hall–Kier alpha value is -1.13. The van der Waals surface area contributed by atoms with E-state index in [2.05, 4.69) is 21.3 Å². The Labute approximate surface area is 126 Å². The van der Waals surface area contributed by atoms with Gasteiger partial charge in [-0.3, -0.25) is 0 Å². The number of rotatable bonds is 4. The van der Waals surface area contributed by atoms with E-state index in [0.717, 1.165) is 37.7 Å². The summed E-state index contributed by atoms with van der Waals surface area (Å²) in [6.07, 6.45) is 8.12. The lowest BCUT2D eigenvalue weighted by molar-refractivity contribution is -0.0735. The maximum Gasteiger partial charge on any atom is 0.126 e. The normalized spacial score (nSPS) is 33.4. The zero-order chi connectivity index (χ0) is 14.1. The third kappa shape index (κ3) is 3.22. The highest BCUT2D eigenvalue weighted by atomic mass is 16.5. The molecular weight excluding hydrogens is 262 g/mol. The standard InChI is InChI=1S/C17H25N3O/c1-2-8-18-16(3-1)19-15-6-10-21-17(11-15)7-9-20(13-17)12-14-4-5-14/h1-3,8,14-15H,4-7,9-13H2,(H,18,19)/t15-,17+/m0/s1. The second-order valence-corrected chi connectivity index (χ2v) is 7.01. The molecule has 1 spiro atoms. The largest absolute Gasteiger partial charge is 0.373 e. The van der Waals surface area contributed by atoms with Crippen molar-refractivity contribution >= 4 is 5.82 Å². The molecule has 3 heterocycles. The Bertz CT molecular complexity index is 476. The lowest BCUT2D eigenvalue weighted by Crippen LogP contribution is -2.46. The van der Waals surface area contributed by atoms with E-state index in [1.54, 1.807) is 0 Å². The van der Waals surface area contributed by atoms with Crippen molar-refractivity contribution in [3.05, 3.63) is 24.4 Å². The van der Waals surface area contributed by atoms with Crippen molar-refractivity contribution in [2.75, 3.05) is 31.6 Å². The van der Waals surface area contributed by atoms with Crippen LogP contribution in [0.2, 0.25) is 0 Å². The molecule has 1 aromatic heterocycles. The maximum atomic E-state index is 6.22. The monoisotopic (exact) mass is 287 g/mol. The van der Waals surface area contributed by atoms with Crippen molar-refractivity contribution in [3.63, 3.8) is 0 Å². The maximum absolute atomic E-state index is 6.22. The van der Waals surface area contributed by atoms with Crippen molar-refractivity contribution in [2.45, 2.75) is 43.7 Å². The second-order valence-electron chi connectivity index (χ2n) is 7.01. The average Bonchev–Trinajstić information content (AvgIpc) is 3.23. The molecule has 0 amide bonds. The summed E-state index contributed by atoms with van der Waals surface area (Å²) in [6, 6.07) is 6.55. The summed E-state index contributed by atoms with van der Waals surface area (Å²) in [6.45, 7) is 4.52. The molecule has 0 radical (unpaired) electrons. The van der Waals surface area contributed by atoms with Gasteiger partial charge >= 0.3 is 0 Å². The van der Waals surface area contributed by atoms with Gasteiger partial charge in [-0.25, -0.2) is 4.98 Å². The van der Waals surface area contributed by atoms with Crippen LogP contribution in [-0.4, -0.2) is 47.8 Å². The molecule has 0 unspecified atom stereocenters. The number of ether oxygens (including phenoxy) is 1. The van der Waals surface area contributed by atoms with E-state index in [1.807, 2.05) is 18.3 Å². The quantitative estimate of drug-likeness (QED) is 0.923. The van der Waals surface area contributed by atoms with Crippen LogP contribution in [0.15, 0.2) is 24.4 Å². The van der Waals surface area contributed by atoms with Gasteiger partial charge in [0.15, 0.2) is 0 Å². The van der Waals surface area contributed by atoms with Gasteiger partial charge in [0.25, 0.3) is 0 Å². The first-order chi connectivity index (χ1) is 10.3. The first-order valence-corrected chi connectivity index (χ1v) is 8.35. The molecule has 1 aliphatic carbocycles. The van der Waals surface area contributed by atoms with Crippen molar-refractivity contribution < 1.29 is 4.74 Å². The lowest BCUT2D eigenvalue weighted by Gasteiger charge is -2.38. The van der Waals surface area contributed by atoms with Crippen LogP contribution in [-0.2, 0) is 4.74 Å². The minimum absolute atomic E-state index is 0.0968. The van der Waals surface area contributed by atoms with Gasteiger partial charge in [-0.15, -0.1) is 0 Å². The minimum atomic E-state index is 0.0968. The number of pyridine rings is 1. The van der Waals surface area contributed by atoms with E-state index in [9.17, 15) is 0 Å². The van der Waals surface area contributed by atoms with E-state index >= 15 is 0 Å². The summed E-state index contributed by atoms with van der Waals surface area (Å²) in [5.74, 6) is 1.97. The van der Waals surface area contributed by atoms with Crippen LogP contribution in [0, 0.1) is 5.92 Å². The SMILES string of the molecule is c1ccc(N[C@H]2CCO[C@]3(CCN(CC4CC4)C3)C2)nc1. The van der Waals surface area contributed by atoms with Crippen molar-refractivity contribution in [2.24, 2.45) is 5.92 Å². The molecule has 21 heavy (non-hydrogen) atoms. The summed E-state index contributed by atoms with van der Waals surface area (Å²) in [5, 5.41) is 3.59. The van der Waals surface area contributed by atoms with Crippen LogP contribution in [0.5, 0.6) is 0 Å². The molecule has 4 nitrogen and oxygen atoms in total. The van der Waals surface area contributed by atoms with Crippen LogP contribution in [0.25, 0.3) is 0 Å². The van der Waals surface area contributed by atoms with Gasteiger partial charge in [0.2, 0.25) is 0 Å². The predicted octanol–water partition coefficient (Wildman–Crippen LogP) is 2.53. The molecule has 0 aromatic carbocycles. The summed E-state index contributed by atoms with van der Waals surface area (Å²) < 4.78 is 6.22. The van der Waals surface area contributed by atoms with Crippen molar-refractivity contribution in [1.29, 1.82) is 0 Å². The molecular formula is C17H25N3O. The highest BCUT2D eigenvalue weighted by molar-refractivity contribution is 5.34. The first kappa shape index (κ1) is 13.5. The van der Waals surface area contributed by atoms with Gasteiger partial charge in [0.05, 0.1) is 5.60 Å². The number of likely N-dealkylation sites (tertiary alicyclic amines) is 1. The average molecular weight is 287 g/mol. The van der Waals surface area contributed by atoms with Crippen LogP contribution in [0.4, 0.5) is 5.82 Å². The fourth-order valence-corrected chi connectivity index (χ4v) is 3.84. The number of nitrogens with zero attached hydrogens (tertiary/aromatic N) is 2. The zero-order valence-corrected chi connectivity index (χ0v) is 12.6. The van der Waals surface area contributed by atoms with E-state index in [-0.39, 0.29) is 5.60 Å². The molecule has 2 atom stereocenters. The number of hydrogen-bond donors (Lipinski definition) is 1. The zero-order valence-electron chi connectivity index (χ0n) is 12.6. The molecule has 3 fully saturated rings. The lowest BCUT2D eigenvalue weighted by atomic mass is 9.89. The highest BCUT2D eigenvalue weighted by Crippen LogP contribution is 2.37. The molecule has 2 aliphatic heterocycles. The Kier molecular flexibility index (Phi) is 3.59. The third-order valence-corrected chi connectivity index (χ3v) is 5.12. The minimum Gasteiger partial charge on any atom is -0.373 e. The summed E-state index contributed by atoms with van der Waals surface area (Å²) in [7, 11) is 0. The van der Waals surface area contributed by atoms with Gasteiger partial charge in [0.1, 0.15) is 5.82 Å². The van der Waals surface area contributed by atoms with Gasteiger partial charge in [-0.2, -0.15) is 0 Å². The van der Waals surface area contributed by atoms with E-state index in [4.69, 9.17) is 4.74 Å². The van der Waals surface area contributed by atoms with Crippen LogP contribution in [0.1, 0.15) is 32.1 Å². The van der Waals surface area contributed by atoms with E-state index in [1.165, 1.54) is 32.4 Å². The Morgan fingerprint density at radius 1 is 1.33 bits per heavy atom. The van der Waals surface area contributed by atoms with Gasteiger partial charge in [-0.05, 0) is 50.2 Å². The molecule has 1 aromatic rings. The number of aromatic nitrogens is 1. The summed E-state index contributed by atoms with van der Waals surface area (Å²) in [5.41, 5.74) is 0.0968. The Balaban J connectivity index is 1.36. The van der Waals surface area contributed by atoms with Crippen LogP contribution < -0.4 is 5.32 Å². The van der Waals surface area contributed by atoms with E-state index < -0.39 is 0 Å². The van der Waals surface area contributed by atoms with Crippen LogP contribution in [0.3, 0.4) is 0 Å². The Morgan fingerprint density at radius 2 is 2.29 bits per heavy atom. The topological polar surface area (TPSA) is 37.4 Å². The molecule has 2 saturated heterocycles. The first-order valence-electron chi connectivity index (χ1n) is 8.35. The molecule has 4 rings (SSSR count). The van der Waals surface area contributed by atoms with Crippen molar-refractivity contribution in [1.82, 2.24) is 9.88 Å². The van der Waals surface area contributed by atoms with Crippen LogP contribution >= 0.6 is 0 Å². The molecule has 4 heteroatoms. The molecule has 1 N–H and O–H groups in total. The van der Waals surface area contributed by atoms with Gasteiger partial charge in [-0.1, -0.05) is 6.07 Å². The number of hydrogen-bond acceptors (Lipinski definition) is 4. The van der Waals surface area contributed by atoms with Crippen molar-refractivity contribution in [3.8, 4) is 0 Å². The highest BCUT2D eigenvalue weighted by Gasteiger charge is 2.44. The summed E-state index contributed by atoms with van der Waals surface area (Å²) >= 11 is 0. The second kappa shape index (κ2) is 5.58. The third-order valence-electron chi connectivity index (χ3n) is 5.12. The fraction of sp³-hybridized carbons (Fsp3) is 0.706. The Morgan fingerprint density at radius 3 is 3.10 bits per heavy atom. The molecule has 1 saturated carbocycles. The van der Waals surface area contributed by atoms with Gasteiger partial charge in [0, 0.05) is 38.5 Å². The fourth-order valence-electron chi connectivity index (χ4n) is 3.84. The summed E-state index contributed by atoms with van der Waals surface area (Å²) in [4.78, 5) is 7.01. The molecule has 114 valence electrons. The predicted molar refractivity (Wildman–Crippen MR) is 83.3 cm³/mol. The smallest absolute Gasteiger partial charge is 0.126 e. The van der Waals surface area contributed by atoms with E-state index in [0.29, 0.717) is 6.04 Å². The number of anilines is 1.